The lowest BCUT2D eigenvalue weighted by atomic mass is 9.89. The molecular formula is C11H22N2. The van der Waals surface area contributed by atoms with Gasteiger partial charge in [-0.1, -0.05) is 42.0 Å². The van der Waals surface area contributed by atoms with Crippen LogP contribution in [0.5, 0.6) is 0 Å². The molecule has 1 aromatic heterocycles. The number of nitrogens with zero attached hydrogens (tertiary/aromatic N) is 2. The van der Waals surface area contributed by atoms with Crippen LogP contribution < -0.4 is 0 Å². The van der Waals surface area contributed by atoms with Crippen LogP contribution in [-0.4, -0.2) is 9.97 Å². The van der Waals surface area contributed by atoms with E-state index in [4.69, 9.17) is 0 Å². The summed E-state index contributed by atoms with van der Waals surface area (Å²) in [4.78, 5) is 7.88. The average Bonchev–Trinajstić information content (AvgIpc) is 2.08. The van der Waals surface area contributed by atoms with Gasteiger partial charge in [0.1, 0.15) is 6.33 Å². The first-order chi connectivity index (χ1) is 5.61. The highest BCUT2D eigenvalue weighted by Gasteiger charge is 2.12. The molecule has 0 aliphatic rings. The highest BCUT2D eigenvalue weighted by atomic mass is 14.8. The van der Waals surface area contributed by atoms with E-state index < -0.39 is 0 Å². The predicted molar refractivity (Wildman–Crippen MR) is 58.8 cm³/mol. The van der Waals surface area contributed by atoms with Gasteiger partial charge in [-0.15, -0.1) is 0 Å². The predicted octanol–water partition coefficient (Wildman–Crippen LogP) is 3.44. The zero-order chi connectivity index (χ0) is 9.61. The van der Waals surface area contributed by atoms with Crippen molar-refractivity contribution in [2.24, 2.45) is 0 Å². The second-order valence-corrected chi connectivity index (χ2v) is 3.38. The van der Waals surface area contributed by atoms with E-state index in [1.54, 1.807) is 6.33 Å². The maximum Gasteiger partial charge on any atom is 0.115 e. The molecule has 0 radical (unpaired) electrons. The second kappa shape index (κ2) is 6.58. The van der Waals surface area contributed by atoms with Gasteiger partial charge in [0, 0.05) is 12.4 Å². The topological polar surface area (TPSA) is 25.8 Å². The van der Waals surface area contributed by atoms with Crippen LogP contribution in [0.1, 0.15) is 47.6 Å². The van der Waals surface area contributed by atoms with E-state index >= 15 is 0 Å². The number of hydrogen-bond acceptors (Lipinski definition) is 2. The summed E-state index contributed by atoms with van der Waals surface area (Å²) in [6.07, 6.45) is 5.26. The quantitative estimate of drug-likeness (QED) is 0.614. The Kier molecular flexibility index (Phi) is 7.39. The van der Waals surface area contributed by atoms with Gasteiger partial charge in [-0.2, -0.15) is 0 Å². The first-order valence-corrected chi connectivity index (χ1v) is 4.36. The van der Waals surface area contributed by atoms with Crippen molar-refractivity contribution in [2.45, 2.75) is 47.5 Å². The Balaban J connectivity index is 0. The monoisotopic (exact) mass is 182 g/mol. The third kappa shape index (κ3) is 5.34. The van der Waals surface area contributed by atoms with E-state index in [0.717, 1.165) is 0 Å². The first-order valence-electron chi connectivity index (χ1n) is 4.36. The third-order valence-corrected chi connectivity index (χ3v) is 1.43. The smallest absolute Gasteiger partial charge is 0.115 e. The molecule has 1 rings (SSSR count). The van der Waals surface area contributed by atoms with Crippen LogP contribution in [0.2, 0.25) is 0 Å². The lowest BCUT2D eigenvalue weighted by molar-refractivity contribution is 0.584. The molecule has 2 nitrogen and oxygen atoms in total. The van der Waals surface area contributed by atoms with Crippen molar-refractivity contribution in [2.75, 3.05) is 0 Å². The maximum absolute atomic E-state index is 3.94. The van der Waals surface area contributed by atoms with Crippen molar-refractivity contribution in [3.05, 3.63) is 24.3 Å². The summed E-state index contributed by atoms with van der Waals surface area (Å²) in [6.45, 7) is 10.4. The van der Waals surface area contributed by atoms with Crippen molar-refractivity contribution in [3.8, 4) is 0 Å². The molecule has 0 unspecified atom stereocenters. The highest BCUT2D eigenvalue weighted by Crippen LogP contribution is 2.19. The fourth-order valence-corrected chi connectivity index (χ4v) is 0.686. The summed E-state index contributed by atoms with van der Waals surface area (Å²) >= 11 is 0. The first kappa shape index (κ1) is 14.6. The molecule has 1 heterocycles. The maximum atomic E-state index is 3.94. The van der Waals surface area contributed by atoms with Gasteiger partial charge >= 0.3 is 0 Å². The summed E-state index contributed by atoms with van der Waals surface area (Å²) in [6, 6.07) is 0. The van der Waals surface area contributed by atoms with E-state index in [-0.39, 0.29) is 12.8 Å². The van der Waals surface area contributed by atoms with Crippen LogP contribution in [0.25, 0.3) is 0 Å². The molecule has 0 aromatic carbocycles. The van der Waals surface area contributed by atoms with E-state index in [0.29, 0.717) is 0 Å². The molecule has 0 fully saturated rings. The summed E-state index contributed by atoms with van der Waals surface area (Å²) in [5.74, 6) is 0. The summed E-state index contributed by atoms with van der Waals surface area (Å²) in [5.41, 5.74) is 1.34. The normalized spacial score (nSPS) is 9.31. The van der Waals surface area contributed by atoms with Crippen LogP contribution in [-0.2, 0) is 5.41 Å². The Bertz CT molecular complexity index is 199. The molecule has 0 aliphatic carbocycles. The molecule has 13 heavy (non-hydrogen) atoms. The van der Waals surface area contributed by atoms with Crippen molar-refractivity contribution < 1.29 is 0 Å². The fourth-order valence-electron chi connectivity index (χ4n) is 0.686. The fraction of sp³-hybridized carbons (Fsp3) is 0.636. The summed E-state index contributed by atoms with van der Waals surface area (Å²) in [5, 5.41) is 0. The van der Waals surface area contributed by atoms with Crippen molar-refractivity contribution in [1.29, 1.82) is 0 Å². The molecule has 0 saturated heterocycles. The van der Waals surface area contributed by atoms with Gasteiger partial charge in [0.15, 0.2) is 0 Å². The van der Waals surface area contributed by atoms with Crippen molar-refractivity contribution in [1.82, 2.24) is 9.97 Å². The Morgan fingerprint density at radius 3 is 1.62 bits per heavy atom. The van der Waals surface area contributed by atoms with Crippen molar-refractivity contribution in [3.63, 3.8) is 0 Å². The standard InChI is InChI=1S/C8H12N2.C2H6.CH4/c1-8(2,3)7-4-9-6-10-5-7;1-2;/h4-6H,1-3H3;1-2H3;1H4. The van der Waals surface area contributed by atoms with Crippen LogP contribution >= 0.6 is 0 Å². The largest absolute Gasteiger partial charge is 0.245 e. The zero-order valence-electron chi connectivity index (χ0n) is 8.63. The van der Waals surface area contributed by atoms with Crippen LogP contribution in [0, 0.1) is 0 Å². The average molecular weight is 182 g/mol. The van der Waals surface area contributed by atoms with Crippen molar-refractivity contribution >= 4 is 0 Å². The SMILES string of the molecule is C.CC.CC(C)(C)c1cncnc1. The molecule has 0 bridgehead atoms. The van der Waals surface area contributed by atoms with E-state index in [1.165, 1.54) is 5.56 Å². The van der Waals surface area contributed by atoms with Gasteiger partial charge in [-0.05, 0) is 11.0 Å². The molecule has 0 saturated carbocycles. The minimum atomic E-state index is 0. The van der Waals surface area contributed by atoms with E-state index in [9.17, 15) is 0 Å². The zero-order valence-corrected chi connectivity index (χ0v) is 8.63. The van der Waals surface area contributed by atoms with Gasteiger partial charge in [0.2, 0.25) is 0 Å². The third-order valence-electron chi connectivity index (χ3n) is 1.43. The van der Waals surface area contributed by atoms with Gasteiger partial charge in [0.25, 0.3) is 0 Å². The molecule has 0 amide bonds. The van der Waals surface area contributed by atoms with Gasteiger partial charge in [-0.3, -0.25) is 0 Å². The second-order valence-electron chi connectivity index (χ2n) is 3.38. The van der Waals surface area contributed by atoms with E-state index in [1.807, 2.05) is 26.2 Å². The van der Waals surface area contributed by atoms with E-state index in [2.05, 4.69) is 30.7 Å². The minimum absolute atomic E-state index is 0. The highest BCUT2D eigenvalue weighted by molar-refractivity contribution is 5.13. The van der Waals surface area contributed by atoms with Crippen LogP contribution in [0.3, 0.4) is 0 Å². The Labute approximate surface area is 82.4 Å². The van der Waals surface area contributed by atoms with Crippen LogP contribution in [0.4, 0.5) is 0 Å². The Morgan fingerprint density at radius 1 is 1.00 bits per heavy atom. The Morgan fingerprint density at radius 2 is 1.38 bits per heavy atom. The lowest BCUT2D eigenvalue weighted by Gasteiger charge is -2.16. The summed E-state index contributed by atoms with van der Waals surface area (Å²) in [7, 11) is 0. The summed E-state index contributed by atoms with van der Waals surface area (Å²) < 4.78 is 0. The molecule has 2 heteroatoms. The molecule has 1 aromatic rings. The number of hydrogen-bond donors (Lipinski definition) is 0. The number of aromatic nitrogens is 2. The van der Waals surface area contributed by atoms with Crippen LogP contribution in [0.15, 0.2) is 18.7 Å². The molecule has 0 spiro atoms. The van der Waals surface area contributed by atoms with Gasteiger partial charge < -0.3 is 0 Å². The molecule has 0 aliphatic heterocycles. The molecule has 0 atom stereocenters. The molecule has 76 valence electrons. The lowest BCUT2D eigenvalue weighted by Crippen LogP contribution is -2.11. The minimum Gasteiger partial charge on any atom is -0.245 e. The molecule has 0 N–H and O–H groups in total. The van der Waals surface area contributed by atoms with Gasteiger partial charge in [0.05, 0.1) is 0 Å². The Hall–Kier alpha value is -0.920. The number of rotatable bonds is 0. The van der Waals surface area contributed by atoms with Gasteiger partial charge in [-0.25, -0.2) is 9.97 Å². The molecular weight excluding hydrogens is 160 g/mol.